The standard InChI is InChI=1S/C21H25N3O4/c1-15(25)23-18-9-5-8-17(13-18)14-22-21(28)24-19(10-11-20(26)27)12-16-6-3-2-4-7-16/h2-9,13,19H,10-12,14H2,1H3,(H,23,25)(H,26,27)(H2,22,24,28). The molecular formula is C21H25N3O4. The van der Waals surface area contributed by atoms with Gasteiger partial charge in [-0.15, -0.1) is 0 Å². The Bertz CT molecular complexity index is 808. The second-order valence-electron chi connectivity index (χ2n) is 6.53. The Morgan fingerprint density at radius 1 is 1.00 bits per heavy atom. The molecule has 1 unspecified atom stereocenters. The van der Waals surface area contributed by atoms with Gasteiger partial charge in [-0.25, -0.2) is 4.79 Å². The van der Waals surface area contributed by atoms with Crippen molar-refractivity contribution in [1.29, 1.82) is 0 Å². The highest BCUT2D eigenvalue weighted by atomic mass is 16.4. The van der Waals surface area contributed by atoms with Crippen molar-refractivity contribution >= 4 is 23.6 Å². The maximum atomic E-state index is 12.3. The van der Waals surface area contributed by atoms with E-state index in [0.29, 0.717) is 18.5 Å². The van der Waals surface area contributed by atoms with E-state index in [1.165, 1.54) is 6.92 Å². The molecule has 0 aliphatic carbocycles. The van der Waals surface area contributed by atoms with E-state index in [1.54, 1.807) is 18.2 Å². The monoisotopic (exact) mass is 383 g/mol. The summed E-state index contributed by atoms with van der Waals surface area (Å²) < 4.78 is 0. The molecule has 7 heteroatoms. The molecule has 2 aromatic carbocycles. The summed E-state index contributed by atoms with van der Waals surface area (Å²) in [5.41, 5.74) is 2.53. The lowest BCUT2D eigenvalue weighted by Crippen LogP contribution is -2.43. The molecule has 0 aliphatic rings. The van der Waals surface area contributed by atoms with Crippen LogP contribution in [-0.4, -0.2) is 29.1 Å². The van der Waals surface area contributed by atoms with Crippen LogP contribution in [0, 0.1) is 0 Å². The first-order valence-corrected chi connectivity index (χ1v) is 9.09. The van der Waals surface area contributed by atoms with E-state index >= 15 is 0 Å². The molecule has 28 heavy (non-hydrogen) atoms. The molecule has 4 N–H and O–H groups in total. The third-order valence-corrected chi connectivity index (χ3v) is 4.07. The summed E-state index contributed by atoms with van der Waals surface area (Å²) in [6.45, 7) is 1.72. The van der Waals surface area contributed by atoms with Gasteiger partial charge in [0.05, 0.1) is 0 Å². The molecule has 148 valence electrons. The smallest absolute Gasteiger partial charge is 0.315 e. The molecule has 0 aromatic heterocycles. The lowest BCUT2D eigenvalue weighted by molar-refractivity contribution is -0.137. The fourth-order valence-corrected chi connectivity index (χ4v) is 2.80. The van der Waals surface area contributed by atoms with Gasteiger partial charge in [-0.3, -0.25) is 9.59 Å². The highest BCUT2D eigenvalue weighted by Crippen LogP contribution is 2.11. The summed E-state index contributed by atoms with van der Waals surface area (Å²) in [5, 5.41) is 17.3. The fourth-order valence-electron chi connectivity index (χ4n) is 2.80. The zero-order valence-corrected chi connectivity index (χ0v) is 15.8. The minimum Gasteiger partial charge on any atom is -0.481 e. The molecule has 2 aromatic rings. The van der Waals surface area contributed by atoms with Gasteiger partial charge in [0.1, 0.15) is 0 Å². The Morgan fingerprint density at radius 2 is 1.71 bits per heavy atom. The second-order valence-corrected chi connectivity index (χ2v) is 6.53. The molecule has 7 nitrogen and oxygen atoms in total. The first-order valence-electron chi connectivity index (χ1n) is 9.09. The second kappa shape index (κ2) is 10.7. The van der Waals surface area contributed by atoms with Crippen molar-refractivity contribution in [2.45, 2.75) is 38.8 Å². The van der Waals surface area contributed by atoms with E-state index < -0.39 is 5.97 Å². The highest BCUT2D eigenvalue weighted by molar-refractivity contribution is 5.88. The molecule has 2 rings (SSSR count). The summed E-state index contributed by atoms with van der Waals surface area (Å²) in [4.78, 5) is 34.3. The Balaban J connectivity index is 1.91. The molecule has 0 spiro atoms. The molecule has 0 aliphatic heterocycles. The van der Waals surface area contributed by atoms with Crippen LogP contribution in [0.2, 0.25) is 0 Å². The van der Waals surface area contributed by atoms with Crippen molar-refractivity contribution in [3.8, 4) is 0 Å². The maximum absolute atomic E-state index is 12.3. The van der Waals surface area contributed by atoms with Gasteiger partial charge in [-0.2, -0.15) is 0 Å². The maximum Gasteiger partial charge on any atom is 0.315 e. The van der Waals surface area contributed by atoms with Crippen molar-refractivity contribution in [3.05, 3.63) is 65.7 Å². The zero-order chi connectivity index (χ0) is 20.4. The van der Waals surface area contributed by atoms with Crippen LogP contribution in [-0.2, 0) is 22.6 Å². The number of nitrogens with one attached hydrogen (secondary N) is 3. The van der Waals surface area contributed by atoms with Gasteiger partial charge in [-0.05, 0) is 36.1 Å². The molecule has 3 amide bonds. The quantitative estimate of drug-likeness (QED) is 0.534. The van der Waals surface area contributed by atoms with Crippen LogP contribution in [0.1, 0.15) is 30.9 Å². The number of aliphatic carboxylic acids is 1. The number of rotatable bonds is 9. The third-order valence-electron chi connectivity index (χ3n) is 4.07. The van der Waals surface area contributed by atoms with E-state index in [0.717, 1.165) is 11.1 Å². The van der Waals surface area contributed by atoms with Crippen LogP contribution in [0.5, 0.6) is 0 Å². The highest BCUT2D eigenvalue weighted by Gasteiger charge is 2.14. The summed E-state index contributed by atoms with van der Waals surface area (Å²) >= 11 is 0. The van der Waals surface area contributed by atoms with E-state index in [9.17, 15) is 14.4 Å². The molecule has 0 bridgehead atoms. The van der Waals surface area contributed by atoms with Gasteiger partial charge in [0.2, 0.25) is 5.91 Å². The van der Waals surface area contributed by atoms with Crippen LogP contribution in [0.15, 0.2) is 54.6 Å². The van der Waals surface area contributed by atoms with Crippen LogP contribution >= 0.6 is 0 Å². The van der Waals surface area contributed by atoms with Gasteiger partial charge >= 0.3 is 12.0 Å². The van der Waals surface area contributed by atoms with E-state index in [1.807, 2.05) is 36.4 Å². The van der Waals surface area contributed by atoms with Crippen LogP contribution < -0.4 is 16.0 Å². The Kier molecular flexibility index (Phi) is 8.02. The number of benzene rings is 2. The van der Waals surface area contributed by atoms with Crippen molar-refractivity contribution in [3.63, 3.8) is 0 Å². The average Bonchev–Trinajstić information content (AvgIpc) is 2.65. The van der Waals surface area contributed by atoms with Crippen molar-refractivity contribution in [2.75, 3.05) is 5.32 Å². The Morgan fingerprint density at radius 3 is 2.39 bits per heavy atom. The Labute approximate surface area is 164 Å². The number of hydrogen-bond donors (Lipinski definition) is 4. The topological polar surface area (TPSA) is 108 Å². The first kappa shape index (κ1) is 21.0. The Hall–Kier alpha value is -3.35. The molecular weight excluding hydrogens is 358 g/mol. The summed E-state index contributed by atoms with van der Waals surface area (Å²) in [6.07, 6.45) is 0.881. The predicted molar refractivity (Wildman–Crippen MR) is 107 cm³/mol. The summed E-state index contributed by atoms with van der Waals surface area (Å²) in [5.74, 6) is -1.06. The van der Waals surface area contributed by atoms with Crippen LogP contribution in [0.4, 0.5) is 10.5 Å². The minimum absolute atomic E-state index is 0.0173. The largest absolute Gasteiger partial charge is 0.481 e. The van der Waals surface area contributed by atoms with Crippen molar-refractivity contribution in [2.24, 2.45) is 0 Å². The number of urea groups is 1. The summed E-state index contributed by atoms with van der Waals surface area (Å²) in [6, 6.07) is 16.2. The first-order chi connectivity index (χ1) is 13.4. The number of hydrogen-bond acceptors (Lipinski definition) is 3. The molecule has 0 saturated heterocycles. The fraction of sp³-hybridized carbons (Fsp3) is 0.286. The minimum atomic E-state index is -0.893. The van der Waals surface area contributed by atoms with Gasteiger partial charge in [0.25, 0.3) is 0 Å². The number of carboxylic acids is 1. The molecule has 0 heterocycles. The number of carbonyl (C=O) groups is 3. The SMILES string of the molecule is CC(=O)Nc1cccc(CNC(=O)NC(CCC(=O)O)Cc2ccccc2)c1. The van der Waals surface area contributed by atoms with Gasteiger partial charge in [-0.1, -0.05) is 42.5 Å². The normalized spacial score (nSPS) is 11.3. The number of anilines is 1. The predicted octanol–water partition coefficient (Wildman–Crippen LogP) is 2.92. The average molecular weight is 383 g/mol. The zero-order valence-electron chi connectivity index (χ0n) is 15.8. The summed E-state index contributed by atoms with van der Waals surface area (Å²) in [7, 11) is 0. The number of carbonyl (C=O) groups excluding carboxylic acids is 2. The van der Waals surface area contributed by atoms with Gasteiger partial charge in [0, 0.05) is 31.6 Å². The van der Waals surface area contributed by atoms with Gasteiger partial charge < -0.3 is 21.1 Å². The lowest BCUT2D eigenvalue weighted by Gasteiger charge is -2.19. The molecule has 0 saturated carbocycles. The van der Waals surface area contributed by atoms with Crippen molar-refractivity contribution < 1.29 is 19.5 Å². The van der Waals surface area contributed by atoms with E-state index in [4.69, 9.17) is 5.11 Å². The molecule has 0 radical (unpaired) electrons. The van der Waals surface area contributed by atoms with Gasteiger partial charge in [0.15, 0.2) is 0 Å². The molecule has 1 atom stereocenters. The van der Waals surface area contributed by atoms with Crippen LogP contribution in [0.25, 0.3) is 0 Å². The van der Waals surface area contributed by atoms with Crippen LogP contribution in [0.3, 0.4) is 0 Å². The van der Waals surface area contributed by atoms with Crippen molar-refractivity contribution in [1.82, 2.24) is 10.6 Å². The third kappa shape index (κ3) is 7.90. The number of carboxylic acid groups (broad SMARTS) is 1. The van der Waals surface area contributed by atoms with E-state index in [2.05, 4.69) is 16.0 Å². The molecule has 0 fully saturated rings. The lowest BCUT2D eigenvalue weighted by atomic mass is 10.0. The number of amides is 3. The van der Waals surface area contributed by atoms with E-state index in [-0.39, 0.29) is 30.9 Å².